The number of aliphatic hydroxyl groups is 17. The lowest BCUT2D eigenvalue weighted by molar-refractivity contribution is -0.391. The van der Waals surface area contributed by atoms with Gasteiger partial charge in [0.1, 0.15) is 110 Å². The maximum Gasteiger partial charge on any atom is 0.251 e. The van der Waals surface area contributed by atoms with Crippen LogP contribution in [0.5, 0.6) is 0 Å². The second kappa shape index (κ2) is 26.4. The van der Waals surface area contributed by atoms with Gasteiger partial charge >= 0.3 is 0 Å². The molecule has 0 radical (unpaired) electrons. The predicted octanol–water partition coefficient (Wildman–Crippen LogP) is -11.0. The molecule has 5 rings (SSSR count). The van der Waals surface area contributed by atoms with Gasteiger partial charge in [-0.3, -0.25) is 4.79 Å². The van der Waals surface area contributed by atoms with E-state index in [1.807, 2.05) is 0 Å². The zero-order valence-electron chi connectivity index (χ0n) is 36.9. The summed E-state index contributed by atoms with van der Waals surface area (Å²) < 4.78 is 57.0. The number of hydrogen-bond acceptors (Lipinski definition) is 28. The summed E-state index contributed by atoms with van der Waals surface area (Å²) in [5.41, 5.74) is 0. The highest BCUT2D eigenvalue weighted by molar-refractivity contribution is 5.80. The van der Waals surface area contributed by atoms with Gasteiger partial charge < -0.3 is 139 Å². The standard InChI is InChI=1S/C39H69NO28/c1-13-30(65-37-26(54)23(51)20(48)15(8-42)61-37)21(49)16(9-43)60-35(13)68-33-22(50)17(10-44)62-39(29(33)57)67-32-19(12-46)64-38(28(56)25(32)53)66-31-18(11-45)63-36(27(55)24(31)52)59-6-4-2-3-5-40-34(58)14(47)7-41/h13-33,35-39,41-57H,2-12H2,1H3,(H,40,58)/t13-,14+,15?,16?,17?,18?,19?,20-,21-,22-,23?,24?,25?,26-,27-,28-,29?,30?,31+,32-,33-,35-,36+,37-,38-,39+/m0/s1. The molecular weight excluding hydrogens is 930 g/mol. The number of unbranched alkanes of at least 4 members (excludes halogenated alkanes) is 2. The van der Waals surface area contributed by atoms with E-state index in [4.69, 9.17) is 52.5 Å². The average Bonchev–Trinajstić information content (AvgIpc) is 3.33. The van der Waals surface area contributed by atoms with E-state index in [1.165, 1.54) is 6.92 Å². The van der Waals surface area contributed by atoms with Crippen molar-refractivity contribution in [1.29, 1.82) is 0 Å². The van der Waals surface area contributed by atoms with Gasteiger partial charge in [0, 0.05) is 19.1 Å². The Hall–Kier alpha value is -1.61. The predicted molar refractivity (Wildman–Crippen MR) is 213 cm³/mol. The molecule has 0 aromatic heterocycles. The molecule has 0 aromatic carbocycles. The van der Waals surface area contributed by atoms with Crippen LogP contribution in [0.2, 0.25) is 0 Å². The van der Waals surface area contributed by atoms with Crippen molar-refractivity contribution in [3.63, 3.8) is 0 Å². The van der Waals surface area contributed by atoms with Gasteiger partial charge in [-0.1, -0.05) is 6.92 Å². The number of carbonyl (C=O) groups is 1. The molecule has 68 heavy (non-hydrogen) atoms. The molecule has 398 valence electrons. The molecule has 5 saturated heterocycles. The number of nitrogens with one attached hydrogen (secondary N) is 1. The molecule has 5 aliphatic heterocycles. The van der Waals surface area contributed by atoms with Gasteiger partial charge in [0.05, 0.1) is 45.7 Å². The number of amides is 1. The highest BCUT2D eigenvalue weighted by Gasteiger charge is 2.56. The summed E-state index contributed by atoms with van der Waals surface area (Å²) in [4.78, 5) is 11.5. The van der Waals surface area contributed by atoms with Crippen molar-refractivity contribution in [2.45, 2.75) is 180 Å². The Morgan fingerprint density at radius 2 is 0.868 bits per heavy atom. The van der Waals surface area contributed by atoms with E-state index in [1.54, 1.807) is 0 Å². The zero-order chi connectivity index (χ0) is 50.1. The van der Waals surface area contributed by atoms with Crippen LogP contribution in [-0.4, -0.2) is 299 Å². The Balaban J connectivity index is 1.20. The smallest absolute Gasteiger partial charge is 0.251 e. The molecule has 0 aromatic rings. The first-order valence-electron chi connectivity index (χ1n) is 22.3. The Bertz CT molecular complexity index is 1490. The second-order valence-corrected chi connectivity index (χ2v) is 17.2. The van der Waals surface area contributed by atoms with Crippen molar-refractivity contribution < 1.29 is 139 Å². The van der Waals surface area contributed by atoms with Gasteiger partial charge in [-0.25, -0.2) is 0 Å². The highest BCUT2D eigenvalue weighted by atomic mass is 16.8. The molecule has 26 atom stereocenters. The van der Waals surface area contributed by atoms with E-state index in [2.05, 4.69) is 5.32 Å². The fourth-order valence-electron chi connectivity index (χ4n) is 8.40. The summed E-state index contributed by atoms with van der Waals surface area (Å²) in [7, 11) is 0. The molecule has 1 amide bonds. The van der Waals surface area contributed by atoms with Crippen molar-refractivity contribution in [2.24, 2.45) is 5.92 Å². The summed E-state index contributed by atoms with van der Waals surface area (Å²) in [6.07, 6.45) is -41.8. The number of aliphatic hydroxyl groups excluding tert-OH is 17. The van der Waals surface area contributed by atoms with Gasteiger partial charge in [0.15, 0.2) is 37.6 Å². The van der Waals surface area contributed by atoms with Crippen LogP contribution in [0.15, 0.2) is 0 Å². The lowest BCUT2D eigenvalue weighted by Crippen LogP contribution is -2.67. The Labute approximate surface area is 388 Å². The van der Waals surface area contributed by atoms with Gasteiger partial charge in [-0.05, 0) is 19.3 Å². The van der Waals surface area contributed by atoms with Gasteiger partial charge in [-0.15, -0.1) is 0 Å². The van der Waals surface area contributed by atoms with Crippen LogP contribution in [-0.2, 0) is 52.2 Å². The third kappa shape index (κ3) is 13.1. The molecule has 29 nitrogen and oxygen atoms in total. The molecule has 0 spiro atoms. The van der Waals surface area contributed by atoms with Gasteiger partial charge in [0.25, 0.3) is 5.91 Å². The van der Waals surface area contributed by atoms with Gasteiger partial charge in [0.2, 0.25) is 0 Å². The Morgan fingerprint density at radius 1 is 0.456 bits per heavy atom. The van der Waals surface area contributed by atoms with E-state index in [-0.39, 0.29) is 13.2 Å². The fourth-order valence-corrected chi connectivity index (χ4v) is 8.40. The molecule has 10 unspecified atom stereocenters. The number of ether oxygens (including phenoxy) is 10. The largest absolute Gasteiger partial charge is 0.394 e. The third-order valence-corrected chi connectivity index (χ3v) is 12.5. The van der Waals surface area contributed by atoms with Crippen LogP contribution in [0.4, 0.5) is 0 Å². The quantitative estimate of drug-likeness (QED) is 0.0448. The molecule has 0 aliphatic carbocycles. The van der Waals surface area contributed by atoms with Crippen LogP contribution >= 0.6 is 0 Å². The van der Waals surface area contributed by atoms with Crippen LogP contribution in [0.25, 0.3) is 0 Å². The maximum atomic E-state index is 11.5. The number of carbonyl (C=O) groups excluding carboxylic acids is 1. The SMILES string of the molecule is C[C@H]1C(O[C@@H]2OC(CO)[C@H](O)C(O)[C@@H]2O)[C@@H](O)C(CO)O[C@H]1O[C@@H]1C(O)[C@@H](O[C@H]2C(CO)O[C@@H](O[C@@H]3C(CO)O[C@@H](OCCCCCNC(=O)[C@H](O)CO)[C@@H](O)C3O)[C@@H](O)C2O)OC(CO)[C@@H]1O. The van der Waals surface area contributed by atoms with E-state index in [0.717, 1.165) is 0 Å². The van der Waals surface area contributed by atoms with Crippen molar-refractivity contribution in [1.82, 2.24) is 5.32 Å². The summed E-state index contributed by atoms with van der Waals surface area (Å²) in [6.45, 7) is -3.47. The van der Waals surface area contributed by atoms with Crippen LogP contribution in [0.3, 0.4) is 0 Å². The summed E-state index contributed by atoms with van der Waals surface area (Å²) >= 11 is 0. The number of hydrogen-bond donors (Lipinski definition) is 18. The van der Waals surface area contributed by atoms with Gasteiger partial charge in [-0.2, -0.15) is 0 Å². The molecule has 5 heterocycles. The van der Waals surface area contributed by atoms with E-state index >= 15 is 0 Å². The molecule has 0 saturated carbocycles. The van der Waals surface area contributed by atoms with Crippen molar-refractivity contribution in [2.75, 3.05) is 52.8 Å². The molecule has 0 bridgehead atoms. The van der Waals surface area contributed by atoms with Crippen molar-refractivity contribution in [3.8, 4) is 0 Å². The lowest BCUT2D eigenvalue weighted by Gasteiger charge is -2.50. The number of rotatable bonds is 22. The monoisotopic (exact) mass is 999 g/mol. The summed E-state index contributed by atoms with van der Waals surface area (Å²) in [5, 5.41) is 180. The minimum atomic E-state index is -2.08. The molecule has 18 N–H and O–H groups in total. The van der Waals surface area contributed by atoms with Crippen LogP contribution < -0.4 is 5.32 Å². The minimum Gasteiger partial charge on any atom is -0.394 e. The highest BCUT2D eigenvalue weighted by Crippen LogP contribution is 2.37. The van der Waals surface area contributed by atoms with Crippen LogP contribution in [0, 0.1) is 5.92 Å². The Morgan fingerprint density at radius 3 is 1.40 bits per heavy atom. The first kappa shape index (κ1) is 57.3. The van der Waals surface area contributed by atoms with E-state index in [0.29, 0.717) is 19.3 Å². The average molecular weight is 1000 g/mol. The van der Waals surface area contributed by atoms with Crippen LogP contribution in [0.1, 0.15) is 26.2 Å². The Kier molecular flexibility index (Phi) is 22.2. The first-order chi connectivity index (χ1) is 32.4. The maximum absolute atomic E-state index is 11.5. The fraction of sp³-hybridized carbons (Fsp3) is 0.974. The molecule has 5 fully saturated rings. The molecule has 5 aliphatic rings. The molecule has 29 heteroatoms. The third-order valence-electron chi connectivity index (χ3n) is 12.5. The lowest BCUT2D eigenvalue weighted by atomic mass is 9.91. The molecular formula is C39H69NO28. The van der Waals surface area contributed by atoms with Crippen molar-refractivity contribution in [3.05, 3.63) is 0 Å². The summed E-state index contributed by atoms with van der Waals surface area (Å²) in [6, 6.07) is 0. The van der Waals surface area contributed by atoms with Crippen molar-refractivity contribution >= 4 is 5.91 Å². The zero-order valence-corrected chi connectivity index (χ0v) is 36.9. The first-order valence-corrected chi connectivity index (χ1v) is 22.3. The summed E-state index contributed by atoms with van der Waals surface area (Å²) in [5.74, 6) is -1.86. The van der Waals surface area contributed by atoms with E-state index < -0.39 is 205 Å². The normalized spacial score (nSPS) is 46.3. The second-order valence-electron chi connectivity index (χ2n) is 17.2. The topological polar surface area (TPSA) is 465 Å². The van der Waals surface area contributed by atoms with E-state index in [9.17, 15) is 86.5 Å². The minimum absolute atomic E-state index is 0.00240.